The second kappa shape index (κ2) is 5.90. The minimum atomic E-state index is 0.0692. The summed E-state index contributed by atoms with van der Waals surface area (Å²) < 4.78 is 5.09. The van der Waals surface area contributed by atoms with Gasteiger partial charge >= 0.3 is 0 Å². The number of carbonyl (C=O) groups excluding carboxylic acids is 1. The van der Waals surface area contributed by atoms with E-state index in [0.717, 1.165) is 24.7 Å². The molecule has 0 spiro atoms. The summed E-state index contributed by atoms with van der Waals surface area (Å²) in [5, 5.41) is 3.80. The van der Waals surface area contributed by atoms with Crippen LogP contribution in [0.5, 0.6) is 0 Å². The average Bonchev–Trinajstić information content (AvgIpc) is 2.93. The maximum Gasteiger partial charge on any atom is 0.230 e. The highest BCUT2D eigenvalue weighted by Crippen LogP contribution is 2.11. The average molecular weight is 287 g/mol. The van der Waals surface area contributed by atoms with Gasteiger partial charge in [-0.25, -0.2) is 9.97 Å². The zero-order valence-electron chi connectivity index (χ0n) is 11.9. The van der Waals surface area contributed by atoms with E-state index in [2.05, 4.69) is 20.0 Å². The van der Waals surface area contributed by atoms with Gasteiger partial charge in [0.1, 0.15) is 5.76 Å². The van der Waals surface area contributed by atoms with Crippen LogP contribution in [-0.4, -0.2) is 52.1 Å². The molecular weight excluding hydrogens is 270 g/mol. The molecule has 0 aliphatic carbocycles. The fraction of sp³-hybridized carbons (Fsp3) is 0.429. The first-order chi connectivity index (χ1) is 10.2. The highest BCUT2D eigenvalue weighted by molar-refractivity contribution is 5.78. The lowest BCUT2D eigenvalue weighted by molar-refractivity contribution is -0.131. The van der Waals surface area contributed by atoms with Crippen molar-refractivity contribution in [3.63, 3.8) is 0 Å². The van der Waals surface area contributed by atoms with Crippen LogP contribution in [0, 0.1) is 6.92 Å². The first-order valence-corrected chi connectivity index (χ1v) is 6.94. The molecule has 1 aliphatic rings. The summed E-state index contributed by atoms with van der Waals surface area (Å²) in [5.41, 5.74) is 0.795. The number of nitrogens with zero attached hydrogens (tertiary/aromatic N) is 5. The van der Waals surface area contributed by atoms with Crippen LogP contribution >= 0.6 is 0 Å². The summed E-state index contributed by atoms with van der Waals surface area (Å²) in [4.78, 5) is 24.6. The molecule has 1 aliphatic heterocycles. The highest BCUT2D eigenvalue weighted by Gasteiger charge is 2.23. The van der Waals surface area contributed by atoms with Crippen molar-refractivity contribution in [2.24, 2.45) is 0 Å². The van der Waals surface area contributed by atoms with E-state index in [4.69, 9.17) is 4.52 Å². The van der Waals surface area contributed by atoms with Gasteiger partial charge in [-0.3, -0.25) is 4.79 Å². The minimum Gasteiger partial charge on any atom is -0.361 e. The van der Waals surface area contributed by atoms with Crippen molar-refractivity contribution < 1.29 is 9.32 Å². The predicted octanol–water partition coefficient (Wildman–Crippen LogP) is 0.664. The molecule has 2 aromatic heterocycles. The molecule has 1 saturated heterocycles. The second-order valence-corrected chi connectivity index (χ2v) is 5.03. The normalized spacial score (nSPS) is 15.3. The van der Waals surface area contributed by atoms with E-state index in [9.17, 15) is 4.79 Å². The largest absolute Gasteiger partial charge is 0.361 e. The Balaban J connectivity index is 1.54. The van der Waals surface area contributed by atoms with Gasteiger partial charge in [0.15, 0.2) is 0 Å². The van der Waals surface area contributed by atoms with Crippen LogP contribution in [0.4, 0.5) is 5.95 Å². The Hall–Kier alpha value is -2.44. The van der Waals surface area contributed by atoms with Crippen LogP contribution in [0.15, 0.2) is 29.0 Å². The Morgan fingerprint density at radius 3 is 2.57 bits per heavy atom. The van der Waals surface area contributed by atoms with E-state index in [1.807, 2.05) is 11.8 Å². The third kappa shape index (κ3) is 3.18. The summed E-state index contributed by atoms with van der Waals surface area (Å²) in [5.74, 6) is 1.40. The summed E-state index contributed by atoms with van der Waals surface area (Å²) in [6, 6.07) is 3.59. The smallest absolute Gasteiger partial charge is 0.230 e. The van der Waals surface area contributed by atoms with Gasteiger partial charge in [-0.2, -0.15) is 0 Å². The maximum atomic E-state index is 12.2. The number of aryl methyl sites for hydroxylation is 1. The van der Waals surface area contributed by atoms with Gasteiger partial charge in [0.05, 0.1) is 12.1 Å². The van der Waals surface area contributed by atoms with Gasteiger partial charge < -0.3 is 14.3 Å². The third-order valence-corrected chi connectivity index (χ3v) is 3.47. The number of hydrogen-bond donors (Lipinski definition) is 0. The number of piperazine rings is 1. The Kier molecular flexibility index (Phi) is 3.81. The molecule has 0 bridgehead atoms. The Bertz CT molecular complexity index is 605. The lowest BCUT2D eigenvalue weighted by Crippen LogP contribution is -2.49. The summed E-state index contributed by atoms with van der Waals surface area (Å²) in [6.45, 7) is 4.67. The molecule has 7 heteroatoms. The van der Waals surface area contributed by atoms with E-state index in [0.29, 0.717) is 18.8 Å². The Morgan fingerprint density at radius 2 is 1.95 bits per heavy atom. The van der Waals surface area contributed by atoms with Gasteiger partial charge in [0.25, 0.3) is 0 Å². The van der Waals surface area contributed by atoms with Crippen LogP contribution in [0.3, 0.4) is 0 Å². The SMILES string of the molecule is Cc1cc(CC(=O)N2CCN(c3ncccn3)CC2)on1. The van der Waals surface area contributed by atoms with Crippen LogP contribution in [-0.2, 0) is 11.2 Å². The van der Waals surface area contributed by atoms with Crippen molar-refractivity contribution in [2.45, 2.75) is 13.3 Å². The standard InChI is InChI=1S/C14H17N5O2/c1-11-9-12(21-17-11)10-13(20)18-5-7-19(8-6-18)14-15-3-2-4-16-14/h2-4,9H,5-8,10H2,1H3. The first-order valence-electron chi connectivity index (χ1n) is 6.94. The lowest BCUT2D eigenvalue weighted by atomic mass is 10.2. The van der Waals surface area contributed by atoms with Crippen molar-refractivity contribution in [3.05, 3.63) is 36.0 Å². The van der Waals surface area contributed by atoms with Crippen LogP contribution in [0.25, 0.3) is 0 Å². The molecule has 0 saturated carbocycles. The van der Waals surface area contributed by atoms with Gasteiger partial charge in [0, 0.05) is 44.6 Å². The van der Waals surface area contributed by atoms with Crippen molar-refractivity contribution in [3.8, 4) is 0 Å². The molecule has 3 rings (SSSR count). The van der Waals surface area contributed by atoms with E-state index in [1.165, 1.54) is 0 Å². The maximum absolute atomic E-state index is 12.2. The monoisotopic (exact) mass is 287 g/mol. The van der Waals surface area contributed by atoms with Crippen molar-refractivity contribution in [1.29, 1.82) is 0 Å². The van der Waals surface area contributed by atoms with Crippen LogP contribution < -0.4 is 4.90 Å². The molecule has 0 unspecified atom stereocenters. The number of carbonyl (C=O) groups is 1. The second-order valence-electron chi connectivity index (χ2n) is 5.03. The summed E-state index contributed by atoms with van der Waals surface area (Å²) in [6.07, 6.45) is 3.72. The zero-order valence-corrected chi connectivity index (χ0v) is 11.9. The molecule has 2 aromatic rings. The van der Waals surface area contributed by atoms with E-state index in [1.54, 1.807) is 24.5 Å². The van der Waals surface area contributed by atoms with Crippen molar-refractivity contribution >= 4 is 11.9 Å². The number of anilines is 1. The van der Waals surface area contributed by atoms with Crippen LogP contribution in [0.1, 0.15) is 11.5 Å². The highest BCUT2D eigenvalue weighted by atomic mass is 16.5. The molecule has 0 atom stereocenters. The molecule has 7 nitrogen and oxygen atoms in total. The van der Waals surface area contributed by atoms with Crippen molar-refractivity contribution in [2.75, 3.05) is 31.1 Å². The number of hydrogen-bond acceptors (Lipinski definition) is 6. The molecule has 21 heavy (non-hydrogen) atoms. The van der Waals surface area contributed by atoms with Gasteiger partial charge in [-0.15, -0.1) is 0 Å². The summed E-state index contributed by atoms with van der Waals surface area (Å²) >= 11 is 0. The number of rotatable bonds is 3. The minimum absolute atomic E-state index is 0.0692. The first kappa shape index (κ1) is 13.5. The molecule has 0 N–H and O–H groups in total. The fourth-order valence-electron chi connectivity index (χ4n) is 2.37. The molecule has 0 radical (unpaired) electrons. The lowest BCUT2D eigenvalue weighted by Gasteiger charge is -2.34. The Morgan fingerprint density at radius 1 is 1.24 bits per heavy atom. The molecule has 0 aromatic carbocycles. The topological polar surface area (TPSA) is 75.4 Å². The van der Waals surface area contributed by atoms with Crippen LogP contribution in [0.2, 0.25) is 0 Å². The predicted molar refractivity (Wildman–Crippen MR) is 75.8 cm³/mol. The molecule has 3 heterocycles. The quantitative estimate of drug-likeness (QED) is 0.825. The third-order valence-electron chi connectivity index (χ3n) is 3.47. The zero-order chi connectivity index (χ0) is 14.7. The molecule has 1 amide bonds. The van der Waals surface area contributed by atoms with E-state index >= 15 is 0 Å². The number of amides is 1. The number of aromatic nitrogens is 3. The molecule has 1 fully saturated rings. The van der Waals surface area contributed by atoms with Crippen molar-refractivity contribution in [1.82, 2.24) is 20.0 Å². The van der Waals surface area contributed by atoms with Gasteiger partial charge in [-0.05, 0) is 13.0 Å². The molecule has 110 valence electrons. The van der Waals surface area contributed by atoms with Gasteiger partial charge in [-0.1, -0.05) is 5.16 Å². The molecular formula is C14H17N5O2. The van der Waals surface area contributed by atoms with E-state index in [-0.39, 0.29) is 12.3 Å². The van der Waals surface area contributed by atoms with Gasteiger partial charge in [0.2, 0.25) is 11.9 Å². The Labute approximate surface area is 122 Å². The summed E-state index contributed by atoms with van der Waals surface area (Å²) in [7, 11) is 0. The van der Waals surface area contributed by atoms with E-state index < -0.39 is 0 Å². The fourth-order valence-corrected chi connectivity index (χ4v) is 2.37.